The summed E-state index contributed by atoms with van der Waals surface area (Å²) >= 11 is 5.25. The number of hydrogen-bond acceptors (Lipinski definition) is 2. The summed E-state index contributed by atoms with van der Waals surface area (Å²) in [5, 5.41) is 1.62. The van der Waals surface area contributed by atoms with Gasteiger partial charge in [0.05, 0.1) is 11.9 Å². The summed E-state index contributed by atoms with van der Waals surface area (Å²) in [6.45, 7) is 3.37. The van der Waals surface area contributed by atoms with Gasteiger partial charge in [0.25, 0.3) is 5.91 Å². The number of carbonyl (C=O) groups is 2. The van der Waals surface area contributed by atoms with Crippen molar-refractivity contribution < 1.29 is 27.2 Å². The highest BCUT2D eigenvalue weighted by Gasteiger charge is 2.49. The predicted molar refractivity (Wildman–Crippen MR) is 58.1 cm³/mol. The quantitative estimate of drug-likeness (QED) is 0.577. The number of halogens is 5. The first-order chi connectivity index (χ1) is 8.12. The van der Waals surface area contributed by atoms with Gasteiger partial charge in [0.15, 0.2) is 5.78 Å². The molecule has 18 heavy (non-hydrogen) atoms. The highest BCUT2D eigenvalue weighted by atomic mass is 35.5. The second-order valence-corrected chi connectivity index (χ2v) is 4.45. The lowest BCUT2D eigenvalue weighted by Gasteiger charge is -2.21. The van der Waals surface area contributed by atoms with Crippen molar-refractivity contribution in [3.05, 3.63) is 0 Å². The molecule has 0 saturated carbocycles. The van der Waals surface area contributed by atoms with Crippen LogP contribution in [0.2, 0.25) is 0 Å². The van der Waals surface area contributed by atoms with E-state index >= 15 is 0 Å². The first kappa shape index (κ1) is 17.2. The van der Waals surface area contributed by atoms with Gasteiger partial charge in [-0.2, -0.15) is 8.78 Å². The van der Waals surface area contributed by atoms with Crippen molar-refractivity contribution in [2.24, 2.45) is 5.92 Å². The van der Waals surface area contributed by atoms with Crippen LogP contribution >= 0.6 is 11.6 Å². The Labute approximate surface area is 107 Å². The van der Waals surface area contributed by atoms with E-state index in [-0.39, 0.29) is 12.3 Å². The van der Waals surface area contributed by atoms with E-state index in [1.54, 1.807) is 19.2 Å². The average molecular weight is 292 g/mol. The van der Waals surface area contributed by atoms with Crippen LogP contribution in [0.25, 0.3) is 0 Å². The Balaban J connectivity index is 4.78. The molecule has 0 aliphatic heterocycles. The maximum atomic E-state index is 12.7. The summed E-state index contributed by atoms with van der Waals surface area (Å²) in [7, 11) is 0. The molecule has 0 aromatic rings. The van der Waals surface area contributed by atoms with Crippen molar-refractivity contribution in [1.82, 2.24) is 5.32 Å². The van der Waals surface area contributed by atoms with Gasteiger partial charge in [-0.15, -0.1) is 11.6 Å². The van der Waals surface area contributed by atoms with Gasteiger partial charge in [-0.05, 0) is 12.3 Å². The Bertz CT molecular complexity index is 310. The van der Waals surface area contributed by atoms with E-state index in [2.05, 4.69) is 0 Å². The van der Waals surface area contributed by atoms with Crippen LogP contribution in [0.4, 0.5) is 17.6 Å². The minimum Gasteiger partial charge on any atom is -0.341 e. The largest absolute Gasteiger partial charge is 0.383 e. The standard InChI is InChI=1S/C10H14ClF4NO2/c1-5(2)3-6(7(17)4-11)16-9(18)10(14,15)8(12)13/h5-6,8H,3-4H2,1-2H3,(H,16,18). The van der Waals surface area contributed by atoms with Gasteiger partial charge in [0.1, 0.15) is 0 Å². The average Bonchev–Trinajstić information content (AvgIpc) is 2.25. The molecule has 0 aromatic heterocycles. The Morgan fingerprint density at radius 1 is 1.28 bits per heavy atom. The van der Waals surface area contributed by atoms with Crippen molar-refractivity contribution >= 4 is 23.3 Å². The van der Waals surface area contributed by atoms with Gasteiger partial charge >= 0.3 is 12.3 Å². The molecule has 0 rings (SSSR count). The lowest BCUT2D eigenvalue weighted by atomic mass is 10.0. The van der Waals surface area contributed by atoms with Gasteiger partial charge in [-0.3, -0.25) is 9.59 Å². The molecule has 8 heteroatoms. The summed E-state index contributed by atoms with van der Waals surface area (Å²) < 4.78 is 49.3. The second-order valence-electron chi connectivity index (χ2n) is 4.18. The first-order valence-electron chi connectivity index (χ1n) is 5.18. The van der Waals surface area contributed by atoms with Crippen LogP contribution in [-0.4, -0.2) is 36.0 Å². The van der Waals surface area contributed by atoms with Crippen LogP contribution < -0.4 is 5.32 Å². The van der Waals surface area contributed by atoms with Crippen molar-refractivity contribution in [2.75, 3.05) is 5.88 Å². The minimum absolute atomic E-state index is 0.0522. The molecule has 106 valence electrons. The van der Waals surface area contributed by atoms with E-state index in [1.807, 2.05) is 0 Å². The smallest absolute Gasteiger partial charge is 0.341 e. The summed E-state index contributed by atoms with van der Waals surface area (Å²) in [5.41, 5.74) is 0. The van der Waals surface area contributed by atoms with E-state index in [0.717, 1.165) is 0 Å². The van der Waals surface area contributed by atoms with Crippen LogP contribution in [0, 0.1) is 5.92 Å². The second kappa shape index (κ2) is 6.92. The molecule has 0 saturated heterocycles. The maximum Gasteiger partial charge on any atom is 0.383 e. The SMILES string of the molecule is CC(C)CC(NC(=O)C(F)(F)C(F)F)C(=O)CCl. The molecule has 3 nitrogen and oxygen atoms in total. The van der Waals surface area contributed by atoms with E-state index in [1.165, 1.54) is 0 Å². The molecule has 1 unspecified atom stereocenters. The van der Waals surface area contributed by atoms with Crippen LogP contribution in [0.1, 0.15) is 20.3 Å². The Hall–Kier alpha value is -0.850. The number of ketones is 1. The molecular formula is C10H14ClF4NO2. The third kappa shape index (κ3) is 4.80. The molecule has 0 fully saturated rings. The van der Waals surface area contributed by atoms with E-state index in [4.69, 9.17) is 11.6 Å². The zero-order valence-electron chi connectivity index (χ0n) is 9.85. The number of hydrogen-bond donors (Lipinski definition) is 1. The Morgan fingerprint density at radius 3 is 2.11 bits per heavy atom. The summed E-state index contributed by atoms with van der Waals surface area (Å²) in [6.07, 6.45) is -4.07. The lowest BCUT2D eigenvalue weighted by Crippen LogP contribution is -2.52. The number of Topliss-reactive ketones (excluding diaryl/α,β-unsaturated/α-hetero) is 1. The summed E-state index contributed by atoms with van der Waals surface area (Å²) in [5.74, 6) is -8.26. The first-order valence-corrected chi connectivity index (χ1v) is 5.72. The third-order valence-corrected chi connectivity index (χ3v) is 2.37. The molecule has 0 aliphatic rings. The van der Waals surface area contributed by atoms with Gasteiger partial charge in [-0.25, -0.2) is 8.78 Å². The zero-order valence-corrected chi connectivity index (χ0v) is 10.6. The fourth-order valence-electron chi connectivity index (χ4n) is 1.19. The molecule has 1 N–H and O–H groups in total. The van der Waals surface area contributed by atoms with Gasteiger partial charge in [0.2, 0.25) is 0 Å². The van der Waals surface area contributed by atoms with Crippen molar-refractivity contribution in [2.45, 2.75) is 38.7 Å². The summed E-state index contributed by atoms with van der Waals surface area (Å²) in [6, 6.07) is -1.28. The lowest BCUT2D eigenvalue weighted by molar-refractivity contribution is -0.170. The number of amides is 1. The molecule has 1 amide bonds. The fraction of sp³-hybridized carbons (Fsp3) is 0.800. The monoisotopic (exact) mass is 291 g/mol. The van der Waals surface area contributed by atoms with Crippen LogP contribution in [0.3, 0.4) is 0 Å². The molecule has 1 atom stereocenters. The van der Waals surface area contributed by atoms with Crippen LogP contribution in [0.5, 0.6) is 0 Å². The summed E-state index contributed by atoms with van der Waals surface area (Å²) in [4.78, 5) is 22.3. The van der Waals surface area contributed by atoms with Crippen molar-refractivity contribution in [3.8, 4) is 0 Å². The predicted octanol–water partition coefficient (Wildman–Crippen LogP) is 2.23. The molecule has 0 aliphatic carbocycles. The number of rotatable bonds is 7. The number of nitrogens with one attached hydrogen (secondary N) is 1. The number of carbonyl (C=O) groups excluding carboxylic acids is 2. The minimum atomic E-state index is -4.82. The van der Waals surface area contributed by atoms with Gasteiger partial charge in [-0.1, -0.05) is 13.8 Å². The fourth-order valence-corrected chi connectivity index (χ4v) is 1.38. The van der Waals surface area contributed by atoms with Crippen molar-refractivity contribution in [1.29, 1.82) is 0 Å². The normalized spacial score (nSPS) is 13.8. The Morgan fingerprint density at radius 2 is 1.78 bits per heavy atom. The van der Waals surface area contributed by atoms with E-state index in [0.29, 0.717) is 0 Å². The molecule has 0 spiro atoms. The zero-order chi connectivity index (χ0) is 14.5. The van der Waals surface area contributed by atoms with E-state index in [9.17, 15) is 27.2 Å². The van der Waals surface area contributed by atoms with E-state index < -0.39 is 36.0 Å². The van der Waals surface area contributed by atoms with Crippen LogP contribution in [0.15, 0.2) is 0 Å². The van der Waals surface area contributed by atoms with Crippen molar-refractivity contribution in [3.63, 3.8) is 0 Å². The molecular weight excluding hydrogens is 278 g/mol. The van der Waals surface area contributed by atoms with Gasteiger partial charge in [0, 0.05) is 0 Å². The molecule has 0 radical (unpaired) electrons. The topological polar surface area (TPSA) is 46.2 Å². The number of alkyl halides is 5. The molecule has 0 bridgehead atoms. The molecule has 0 heterocycles. The molecule has 0 aromatic carbocycles. The highest BCUT2D eigenvalue weighted by Crippen LogP contribution is 2.23. The highest BCUT2D eigenvalue weighted by molar-refractivity contribution is 6.28. The van der Waals surface area contributed by atoms with Gasteiger partial charge < -0.3 is 5.32 Å². The Kier molecular flexibility index (Phi) is 6.59. The third-order valence-electron chi connectivity index (χ3n) is 2.11. The maximum absolute atomic E-state index is 12.7. The van der Waals surface area contributed by atoms with Crippen LogP contribution in [-0.2, 0) is 9.59 Å².